The number of carbonyl (C=O) groups is 1. The van der Waals surface area contributed by atoms with E-state index in [1.165, 1.54) is 15.6 Å². The molecule has 0 aliphatic carbocycles. The fourth-order valence-corrected chi connectivity index (χ4v) is 7.05. The normalized spacial score (nSPS) is 18.1. The Bertz CT molecular complexity index is 1430. The smallest absolute Gasteiger partial charge is 0.282 e. The number of likely N-dealkylation sites (N-methyl/N-ethyl adjacent to an activating group) is 1. The third kappa shape index (κ3) is 4.49. The number of amides is 1. The third-order valence-electron chi connectivity index (χ3n) is 6.48. The molecule has 5 rings (SSSR count). The summed E-state index contributed by atoms with van der Waals surface area (Å²) >= 11 is 1.44. The van der Waals surface area contributed by atoms with Crippen molar-refractivity contribution in [3.63, 3.8) is 0 Å². The van der Waals surface area contributed by atoms with Gasteiger partial charge in [0.25, 0.3) is 5.91 Å². The van der Waals surface area contributed by atoms with E-state index in [1.807, 2.05) is 0 Å². The number of nitrogens with two attached hydrogens (primary N) is 1. The molecule has 0 spiro atoms. The number of piperazine rings is 1. The maximum atomic E-state index is 13.3. The molecule has 184 valence electrons. The highest BCUT2D eigenvalue weighted by Gasteiger charge is 2.32. The van der Waals surface area contributed by atoms with Crippen LogP contribution < -0.4 is 5.73 Å². The number of rotatable bonds is 4. The Kier molecular flexibility index (Phi) is 6.21. The van der Waals surface area contributed by atoms with Crippen LogP contribution in [0.4, 0.5) is 0 Å². The van der Waals surface area contributed by atoms with Gasteiger partial charge in [0.2, 0.25) is 10.0 Å². The molecule has 3 aromatic rings. The number of oxime groups is 1. The molecule has 0 saturated carbocycles. The summed E-state index contributed by atoms with van der Waals surface area (Å²) in [6.07, 6.45) is 0.844. The van der Waals surface area contributed by atoms with Gasteiger partial charge in [-0.15, -0.1) is 11.3 Å². The molecule has 1 saturated heterocycles. The Balaban J connectivity index is 1.28. The SMILES string of the molecule is CN1CCc2nc(C(=O)N3CCN(S(=O)(=O)c4ccc5cc(C(N)=NO)ccc5c4)CC3)sc2C1. The van der Waals surface area contributed by atoms with Crippen molar-refractivity contribution in [3.8, 4) is 0 Å². The van der Waals surface area contributed by atoms with Crippen molar-refractivity contribution in [2.24, 2.45) is 10.9 Å². The molecule has 3 heterocycles. The highest BCUT2D eigenvalue weighted by Crippen LogP contribution is 2.27. The Morgan fingerprint density at radius 2 is 1.80 bits per heavy atom. The summed E-state index contributed by atoms with van der Waals surface area (Å²) in [5, 5.41) is 13.9. The van der Waals surface area contributed by atoms with Gasteiger partial charge in [0.05, 0.1) is 10.6 Å². The number of carbonyl (C=O) groups excluding carboxylic acids is 1. The van der Waals surface area contributed by atoms with Crippen molar-refractivity contribution in [1.82, 2.24) is 19.1 Å². The van der Waals surface area contributed by atoms with Crippen LogP contribution in [0.15, 0.2) is 46.4 Å². The summed E-state index contributed by atoms with van der Waals surface area (Å²) in [5.41, 5.74) is 7.20. The zero-order valence-corrected chi connectivity index (χ0v) is 20.8. The first-order valence-corrected chi connectivity index (χ1v) is 13.5. The molecule has 2 aromatic carbocycles. The molecule has 0 atom stereocenters. The monoisotopic (exact) mass is 514 g/mol. The van der Waals surface area contributed by atoms with Gasteiger partial charge in [0.15, 0.2) is 10.8 Å². The Morgan fingerprint density at radius 3 is 2.54 bits per heavy atom. The summed E-state index contributed by atoms with van der Waals surface area (Å²) < 4.78 is 28.0. The Hall–Kier alpha value is -3.06. The lowest BCUT2D eigenvalue weighted by atomic mass is 10.1. The summed E-state index contributed by atoms with van der Waals surface area (Å²) in [5.74, 6) is -0.141. The topological polar surface area (TPSA) is 132 Å². The minimum Gasteiger partial charge on any atom is -0.409 e. The average Bonchev–Trinajstić information content (AvgIpc) is 3.30. The van der Waals surface area contributed by atoms with Crippen molar-refractivity contribution in [1.29, 1.82) is 0 Å². The number of fused-ring (bicyclic) bond motifs is 2. The van der Waals surface area contributed by atoms with E-state index < -0.39 is 10.0 Å². The van der Waals surface area contributed by atoms with Gasteiger partial charge < -0.3 is 20.7 Å². The molecule has 10 nitrogen and oxygen atoms in total. The molecule has 1 fully saturated rings. The molecular formula is C23H26N6O4S2. The zero-order chi connectivity index (χ0) is 24.7. The predicted octanol–water partition coefficient (Wildman–Crippen LogP) is 1.53. The van der Waals surface area contributed by atoms with Crippen molar-refractivity contribution in [2.45, 2.75) is 17.9 Å². The second kappa shape index (κ2) is 9.19. The summed E-state index contributed by atoms with van der Waals surface area (Å²) in [6.45, 7) is 2.83. The van der Waals surface area contributed by atoms with Crippen LogP contribution in [0.2, 0.25) is 0 Å². The lowest BCUT2D eigenvalue weighted by Gasteiger charge is -2.33. The lowest BCUT2D eigenvalue weighted by molar-refractivity contribution is 0.0697. The minimum atomic E-state index is -3.72. The van der Waals surface area contributed by atoms with E-state index in [0.29, 0.717) is 23.7 Å². The highest BCUT2D eigenvalue weighted by atomic mass is 32.2. The van der Waals surface area contributed by atoms with Gasteiger partial charge in [-0.25, -0.2) is 13.4 Å². The molecule has 3 N–H and O–H groups in total. The summed E-state index contributed by atoms with van der Waals surface area (Å²) in [4.78, 5) is 22.8. The average molecular weight is 515 g/mol. The number of hydrogen-bond donors (Lipinski definition) is 2. The van der Waals surface area contributed by atoms with Gasteiger partial charge in [-0.1, -0.05) is 23.4 Å². The van der Waals surface area contributed by atoms with Crippen LogP contribution in [0.3, 0.4) is 0 Å². The molecule has 2 aliphatic rings. The molecule has 12 heteroatoms. The van der Waals surface area contributed by atoms with Crippen molar-refractivity contribution in [3.05, 3.63) is 57.5 Å². The fourth-order valence-electron chi connectivity index (χ4n) is 4.43. The molecule has 35 heavy (non-hydrogen) atoms. The molecule has 0 radical (unpaired) electrons. The van der Waals surface area contributed by atoms with Crippen LogP contribution in [0.25, 0.3) is 10.8 Å². The van der Waals surface area contributed by atoms with Crippen molar-refractivity contribution < 1.29 is 18.4 Å². The first-order chi connectivity index (χ1) is 16.8. The number of benzene rings is 2. The van der Waals surface area contributed by atoms with E-state index in [9.17, 15) is 13.2 Å². The second-order valence-corrected chi connectivity index (χ2v) is 11.8. The highest BCUT2D eigenvalue weighted by molar-refractivity contribution is 7.89. The van der Waals surface area contributed by atoms with Gasteiger partial charge in [0.1, 0.15) is 0 Å². The molecule has 2 aliphatic heterocycles. The number of hydrogen-bond acceptors (Lipinski definition) is 8. The van der Waals surface area contributed by atoms with Crippen molar-refractivity contribution in [2.75, 3.05) is 39.8 Å². The van der Waals surface area contributed by atoms with Crippen LogP contribution >= 0.6 is 11.3 Å². The Labute approximate surface area is 207 Å². The number of aromatic nitrogens is 1. The number of thiazole rings is 1. The molecular weight excluding hydrogens is 488 g/mol. The van der Waals surface area contributed by atoms with Gasteiger partial charge in [-0.3, -0.25) is 4.79 Å². The zero-order valence-electron chi connectivity index (χ0n) is 19.2. The van der Waals surface area contributed by atoms with E-state index >= 15 is 0 Å². The van der Waals surface area contributed by atoms with E-state index in [0.717, 1.165) is 40.9 Å². The minimum absolute atomic E-state index is 0.0127. The summed E-state index contributed by atoms with van der Waals surface area (Å²) in [7, 11) is -1.66. The maximum absolute atomic E-state index is 13.3. The fraction of sp³-hybridized carbons (Fsp3) is 0.348. The largest absolute Gasteiger partial charge is 0.409 e. The quantitative estimate of drug-likeness (QED) is 0.233. The molecule has 0 unspecified atom stereocenters. The maximum Gasteiger partial charge on any atom is 0.282 e. The van der Waals surface area contributed by atoms with Crippen molar-refractivity contribution >= 4 is 43.9 Å². The second-order valence-electron chi connectivity index (χ2n) is 8.78. The number of amidine groups is 1. The van der Waals surface area contributed by atoms with Crippen LogP contribution in [0.5, 0.6) is 0 Å². The number of nitrogens with zero attached hydrogens (tertiary/aromatic N) is 5. The van der Waals surface area contributed by atoms with Gasteiger partial charge in [0, 0.05) is 56.1 Å². The molecule has 1 amide bonds. The van der Waals surface area contributed by atoms with Crippen LogP contribution in [0.1, 0.15) is 25.9 Å². The molecule has 0 bridgehead atoms. The van der Waals surface area contributed by atoms with Gasteiger partial charge in [-0.05, 0) is 36.0 Å². The third-order valence-corrected chi connectivity index (χ3v) is 9.45. The van der Waals surface area contributed by atoms with Crippen LogP contribution in [-0.4, -0.2) is 84.2 Å². The lowest BCUT2D eigenvalue weighted by Crippen LogP contribution is -2.50. The van der Waals surface area contributed by atoms with Crippen LogP contribution in [-0.2, 0) is 23.0 Å². The number of sulfonamides is 1. The molecule has 1 aromatic heterocycles. The van der Waals surface area contributed by atoms with Crippen LogP contribution in [0, 0.1) is 0 Å². The van der Waals surface area contributed by atoms with E-state index in [2.05, 4.69) is 22.1 Å². The first kappa shape index (κ1) is 23.7. The predicted molar refractivity (Wildman–Crippen MR) is 133 cm³/mol. The van der Waals surface area contributed by atoms with E-state index in [-0.39, 0.29) is 29.7 Å². The first-order valence-electron chi connectivity index (χ1n) is 11.2. The Morgan fingerprint density at radius 1 is 1.09 bits per heavy atom. The van der Waals surface area contributed by atoms with Gasteiger partial charge in [-0.2, -0.15) is 4.31 Å². The standard InChI is InChI=1S/C23H26N6O4S2/c1-27-7-6-19-20(14-27)34-22(25-19)23(30)28-8-10-29(11-9-28)35(32,33)18-5-4-15-12-17(21(24)26-31)3-2-16(15)13-18/h2-5,12-13,31H,6-11,14H2,1H3,(H2,24,26). The summed E-state index contributed by atoms with van der Waals surface area (Å²) in [6, 6.07) is 10.0. The van der Waals surface area contributed by atoms with E-state index in [1.54, 1.807) is 41.3 Å². The van der Waals surface area contributed by atoms with E-state index in [4.69, 9.17) is 10.9 Å². The van der Waals surface area contributed by atoms with Gasteiger partial charge >= 0.3 is 0 Å².